The third-order valence-electron chi connectivity index (χ3n) is 2.89. The second-order valence-corrected chi connectivity index (χ2v) is 5.52. The molecule has 122 valence electrons. The van der Waals surface area contributed by atoms with E-state index in [9.17, 15) is 9.59 Å². The Hall–Kier alpha value is -2.42. The third-order valence-corrected chi connectivity index (χ3v) is 3.41. The Morgan fingerprint density at radius 2 is 2.04 bits per heavy atom. The van der Waals surface area contributed by atoms with Crippen molar-refractivity contribution in [2.75, 3.05) is 19.0 Å². The molecule has 8 nitrogen and oxygen atoms in total. The van der Waals surface area contributed by atoms with Gasteiger partial charge in [0.1, 0.15) is 6.54 Å². The summed E-state index contributed by atoms with van der Waals surface area (Å²) in [6.45, 7) is 0.498. The summed E-state index contributed by atoms with van der Waals surface area (Å²) in [5, 5.41) is 13.0. The normalized spacial score (nSPS) is 10.2. The first kappa shape index (κ1) is 16.9. The lowest BCUT2D eigenvalue weighted by atomic mass is 10.1. The van der Waals surface area contributed by atoms with Crippen molar-refractivity contribution in [3.05, 3.63) is 40.5 Å². The summed E-state index contributed by atoms with van der Waals surface area (Å²) in [6, 6.07) is 7.91. The minimum Gasteiger partial charge on any atom is -0.453 e. The lowest BCUT2D eigenvalue weighted by Crippen LogP contribution is -2.30. The number of hydrogen-bond donors (Lipinski definition) is 2. The number of aromatic nitrogens is 3. The number of carbonyl (C=O) groups excluding carboxylic acids is 2. The maximum Gasteiger partial charge on any atom is 0.412 e. The van der Waals surface area contributed by atoms with Crippen molar-refractivity contribution in [1.82, 2.24) is 20.3 Å². The van der Waals surface area contributed by atoms with Crippen molar-refractivity contribution < 1.29 is 14.3 Å². The van der Waals surface area contributed by atoms with Gasteiger partial charge in [0.2, 0.25) is 5.91 Å². The van der Waals surface area contributed by atoms with Gasteiger partial charge in [0.15, 0.2) is 5.82 Å². The number of ether oxygens (including phenoxy) is 1. The first-order valence-electron chi connectivity index (χ1n) is 6.83. The van der Waals surface area contributed by atoms with Crippen molar-refractivity contribution in [3.63, 3.8) is 0 Å². The highest BCUT2D eigenvalue weighted by atomic mass is 79.9. The molecule has 0 aliphatic rings. The number of halogens is 1. The van der Waals surface area contributed by atoms with E-state index < -0.39 is 6.09 Å². The van der Waals surface area contributed by atoms with Crippen LogP contribution >= 0.6 is 15.9 Å². The molecule has 9 heteroatoms. The third kappa shape index (κ3) is 5.70. The number of methoxy groups -OCH3 is 1. The minimum absolute atomic E-state index is 0.0246. The number of anilines is 1. The van der Waals surface area contributed by atoms with E-state index in [1.165, 1.54) is 18.1 Å². The van der Waals surface area contributed by atoms with Gasteiger partial charge >= 0.3 is 6.09 Å². The predicted octanol–water partition coefficient (Wildman–Crippen LogP) is 1.58. The first-order valence-corrected chi connectivity index (χ1v) is 7.62. The number of benzene rings is 1. The molecule has 0 spiro atoms. The number of nitrogens with one attached hydrogen (secondary N) is 2. The van der Waals surface area contributed by atoms with Crippen molar-refractivity contribution in [1.29, 1.82) is 0 Å². The lowest BCUT2D eigenvalue weighted by molar-refractivity contribution is -0.122. The highest BCUT2D eigenvalue weighted by Crippen LogP contribution is 2.10. The minimum atomic E-state index is -0.643. The second kappa shape index (κ2) is 8.28. The highest BCUT2D eigenvalue weighted by molar-refractivity contribution is 9.10. The molecule has 0 aliphatic carbocycles. The van der Waals surface area contributed by atoms with Crippen LogP contribution in [0.25, 0.3) is 0 Å². The van der Waals surface area contributed by atoms with Gasteiger partial charge in [0.25, 0.3) is 0 Å². The topological polar surface area (TPSA) is 98.1 Å². The number of carbonyl (C=O) groups is 2. The molecule has 2 amide bonds. The first-order chi connectivity index (χ1) is 11.1. The summed E-state index contributed by atoms with van der Waals surface area (Å²) >= 11 is 3.37. The molecule has 0 saturated carbocycles. The molecule has 1 aromatic carbocycles. The summed E-state index contributed by atoms with van der Waals surface area (Å²) in [6.07, 6.45) is 1.43. The Kier molecular flexibility index (Phi) is 6.10. The molecule has 2 rings (SSSR count). The Labute approximate surface area is 141 Å². The van der Waals surface area contributed by atoms with Crippen LogP contribution in [-0.2, 0) is 22.5 Å². The summed E-state index contributed by atoms with van der Waals surface area (Å²) in [5.74, 6) is 0.0156. The molecule has 0 unspecified atom stereocenters. The molecule has 2 aromatic rings. The Morgan fingerprint density at radius 1 is 1.30 bits per heavy atom. The zero-order valence-electron chi connectivity index (χ0n) is 12.5. The molecule has 1 aromatic heterocycles. The SMILES string of the molecule is COC(=O)Nc1cnn(CC(=O)NCCc2ccc(Br)cc2)n1. The summed E-state index contributed by atoms with van der Waals surface area (Å²) in [5.41, 5.74) is 1.13. The fraction of sp³-hybridized carbons (Fsp3) is 0.286. The van der Waals surface area contributed by atoms with Crippen LogP contribution < -0.4 is 10.6 Å². The van der Waals surface area contributed by atoms with Crippen LogP contribution in [0.2, 0.25) is 0 Å². The molecule has 0 radical (unpaired) electrons. The van der Waals surface area contributed by atoms with E-state index in [1.807, 2.05) is 24.3 Å². The average Bonchev–Trinajstić information content (AvgIpc) is 2.96. The van der Waals surface area contributed by atoms with Gasteiger partial charge < -0.3 is 10.1 Å². The fourth-order valence-electron chi connectivity index (χ4n) is 1.77. The molecular formula is C14H16BrN5O3. The number of rotatable bonds is 6. The van der Waals surface area contributed by atoms with Crippen molar-refractivity contribution in [3.8, 4) is 0 Å². The zero-order chi connectivity index (χ0) is 16.7. The van der Waals surface area contributed by atoms with Crippen molar-refractivity contribution in [2.45, 2.75) is 13.0 Å². The van der Waals surface area contributed by atoms with Crippen LogP contribution in [0.3, 0.4) is 0 Å². The number of hydrogen-bond acceptors (Lipinski definition) is 5. The highest BCUT2D eigenvalue weighted by Gasteiger charge is 2.08. The van der Waals surface area contributed by atoms with Gasteiger partial charge in [-0.25, -0.2) is 4.79 Å². The van der Waals surface area contributed by atoms with E-state index >= 15 is 0 Å². The van der Waals surface area contributed by atoms with E-state index in [1.54, 1.807) is 0 Å². The maximum absolute atomic E-state index is 11.8. The molecule has 0 bridgehead atoms. The van der Waals surface area contributed by atoms with E-state index in [-0.39, 0.29) is 18.3 Å². The van der Waals surface area contributed by atoms with E-state index in [0.29, 0.717) is 6.54 Å². The van der Waals surface area contributed by atoms with Gasteiger partial charge in [0, 0.05) is 11.0 Å². The molecule has 1 heterocycles. The number of amides is 2. The molecule has 0 atom stereocenters. The van der Waals surface area contributed by atoms with Crippen LogP contribution in [0, 0.1) is 0 Å². The van der Waals surface area contributed by atoms with Crippen LogP contribution in [0.4, 0.5) is 10.6 Å². The summed E-state index contributed by atoms with van der Waals surface area (Å²) < 4.78 is 5.46. The molecule has 0 aliphatic heterocycles. The Balaban J connectivity index is 1.74. The maximum atomic E-state index is 11.8. The van der Waals surface area contributed by atoms with E-state index in [4.69, 9.17) is 0 Å². The van der Waals surface area contributed by atoms with Crippen LogP contribution in [0.5, 0.6) is 0 Å². The largest absolute Gasteiger partial charge is 0.453 e. The van der Waals surface area contributed by atoms with E-state index in [0.717, 1.165) is 16.5 Å². The smallest absolute Gasteiger partial charge is 0.412 e. The van der Waals surface area contributed by atoms with Crippen LogP contribution in [0.1, 0.15) is 5.56 Å². The molecular weight excluding hydrogens is 366 g/mol. The van der Waals surface area contributed by atoms with Gasteiger partial charge in [-0.05, 0) is 24.1 Å². The van der Waals surface area contributed by atoms with Gasteiger partial charge in [-0.1, -0.05) is 28.1 Å². The standard InChI is InChI=1S/C14H16BrN5O3/c1-23-14(22)18-12-8-17-20(19-12)9-13(21)16-7-6-10-2-4-11(15)5-3-10/h2-5,8H,6-7,9H2,1H3,(H,16,21)(H,18,19,22). The summed E-state index contributed by atoms with van der Waals surface area (Å²) in [7, 11) is 1.25. The van der Waals surface area contributed by atoms with Crippen molar-refractivity contribution >= 4 is 33.7 Å². The monoisotopic (exact) mass is 381 g/mol. The Bertz CT molecular complexity index is 671. The Morgan fingerprint density at radius 3 is 2.74 bits per heavy atom. The summed E-state index contributed by atoms with van der Waals surface area (Å²) in [4.78, 5) is 24.0. The van der Waals surface area contributed by atoms with Gasteiger partial charge in [-0.15, -0.1) is 5.10 Å². The predicted molar refractivity (Wildman–Crippen MR) is 86.9 cm³/mol. The number of nitrogens with zero attached hydrogens (tertiary/aromatic N) is 3. The quantitative estimate of drug-likeness (QED) is 0.791. The average molecular weight is 382 g/mol. The lowest BCUT2D eigenvalue weighted by Gasteiger charge is -2.05. The van der Waals surface area contributed by atoms with Gasteiger partial charge in [-0.3, -0.25) is 10.1 Å². The fourth-order valence-corrected chi connectivity index (χ4v) is 2.03. The molecule has 0 fully saturated rings. The van der Waals surface area contributed by atoms with Crippen LogP contribution in [0.15, 0.2) is 34.9 Å². The molecule has 0 saturated heterocycles. The zero-order valence-corrected chi connectivity index (χ0v) is 14.0. The van der Waals surface area contributed by atoms with E-state index in [2.05, 4.69) is 41.5 Å². The van der Waals surface area contributed by atoms with Crippen molar-refractivity contribution in [2.24, 2.45) is 0 Å². The molecule has 23 heavy (non-hydrogen) atoms. The van der Waals surface area contributed by atoms with Crippen LogP contribution in [-0.4, -0.2) is 40.6 Å². The van der Waals surface area contributed by atoms with Gasteiger partial charge in [-0.2, -0.15) is 9.90 Å². The van der Waals surface area contributed by atoms with Gasteiger partial charge in [0.05, 0.1) is 13.3 Å². The molecule has 2 N–H and O–H groups in total. The second-order valence-electron chi connectivity index (χ2n) is 4.60.